The molecule has 0 fully saturated rings. The van der Waals surface area contributed by atoms with E-state index in [0.29, 0.717) is 34.1 Å². The Morgan fingerprint density at radius 2 is 1.86 bits per heavy atom. The Hall–Kier alpha value is -3.18. The SMILES string of the molecule is Cc1cccc(C(=O)N(Cc2ccc(F)cc2)Cc2nc3cc(Cl)ccc3o2)c1. The zero-order chi connectivity index (χ0) is 20.4. The second kappa shape index (κ2) is 8.05. The maximum Gasteiger partial charge on any atom is 0.254 e. The van der Waals surface area contributed by atoms with Gasteiger partial charge in [0.1, 0.15) is 11.3 Å². The minimum absolute atomic E-state index is 0.154. The summed E-state index contributed by atoms with van der Waals surface area (Å²) in [5, 5.41) is 0.566. The maximum absolute atomic E-state index is 13.3. The molecule has 146 valence electrons. The number of amides is 1. The van der Waals surface area contributed by atoms with Crippen LogP contribution in [0.3, 0.4) is 0 Å². The fourth-order valence-corrected chi connectivity index (χ4v) is 3.32. The first-order chi connectivity index (χ1) is 14.0. The molecule has 1 heterocycles. The molecule has 0 aliphatic rings. The summed E-state index contributed by atoms with van der Waals surface area (Å²) in [5.74, 6) is -0.0650. The van der Waals surface area contributed by atoms with Gasteiger partial charge in [-0.2, -0.15) is 0 Å². The van der Waals surface area contributed by atoms with Gasteiger partial charge in [0.2, 0.25) is 5.89 Å². The molecule has 0 saturated heterocycles. The third kappa shape index (κ3) is 4.46. The van der Waals surface area contributed by atoms with Gasteiger partial charge < -0.3 is 9.32 Å². The van der Waals surface area contributed by atoms with Crippen molar-refractivity contribution in [2.24, 2.45) is 0 Å². The standard InChI is InChI=1S/C23H18ClFN2O2/c1-15-3-2-4-17(11-15)23(28)27(13-16-5-8-19(25)9-6-16)14-22-26-20-12-18(24)7-10-21(20)29-22/h2-12H,13-14H2,1H3. The van der Waals surface area contributed by atoms with Gasteiger partial charge in [0.05, 0.1) is 6.54 Å². The molecule has 0 unspecified atom stereocenters. The molecule has 29 heavy (non-hydrogen) atoms. The number of aromatic nitrogens is 1. The van der Waals surface area contributed by atoms with E-state index in [1.165, 1.54) is 12.1 Å². The minimum atomic E-state index is -0.318. The van der Waals surface area contributed by atoms with Crippen molar-refractivity contribution in [3.05, 3.63) is 100 Å². The topological polar surface area (TPSA) is 46.3 Å². The Bertz CT molecular complexity index is 1170. The number of oxazole rings is 1. The number of halogens is 2. The van der Waals surface area contributed by atoms with Gasteiger partial charge in [-0.25, -0.2) is 9.37 Å². The molecule has 3 aromatic carbocycles. The van der Waals surface area contributed by atoms with E-state index in [4.69, 9.17) is 16.0 Å². The molecular formula is C23H18ClFN2O2. The molecule has 0 spiro atoms. The predicted octanol–water partition coefficient (Wildman–Crippen LogP) is 5.77. The number of aryl methyl sites for hydroxylation is 1. The smallest absolute Gasteiger partial charge is 0.254 e. The van der Waals surface area contributed by atoms with Gasteiger partial charge in [0.25, 0.3) is 5.91 Å². The van der Waals surface area contributed by atoms with Gasteiger partial charge in [-0.3, -0.25) is 4.79 Å². The lowest BCUT2D eigenvalue weighted by molar-refractivity contribution is 0.0715. The van der Waals surface area contributed by atoms with Crippen LogP contribution >= 0.6 is 11.6 Å². The molecule has 1 amide bonds. The summed E-state index contributed by atoms with van der Waals surface area (Å²) >= 11 is 6.02. The zero-order valence-corrected chi connectivity index (χ0v) is 16.5. The molecule has 0 saturated carbocycles. The fraction of sp³-hybridized carbons (Fsp3) is 0.130. The number of fused-ring (bicyclic) bond motifs is 1. The number of benzene rings is 3. The maximum atomic E-state index is 13.3. The Labute approximate surface area is 172 Å². The van der Waals surface area contributed by atoms with E-state index in [0.717, 1.165) is 11.1 Å². The Balaban J connectivity index is 1.66. The van der Waals surface area contributed by atoms with Crippen molar-refractivity contribution >= 4 is 28.6 Å². The van der Waals surface area contributed by atoms with Gasteiger partial charge in [-0.15, -0.1) is 0 Å². The highest BCUT2D eigenvalue weighted by molar-refractivity contribution is 6.31. The van der Waals surface area contributed by atoms with Gasteiger partial charge >= 0.3 is 0 Å². The van der Waals surface area contributed by atoms with Gasteiger partial charge in [-0.1, -0.05) is 41.4 Å². The Kier molecular flexibility index (Phi) is 5.32. The number of hydrogen-bond donors (Lipinski definition) is 0. The first-order valence-corrected chi connectivity index (χ1v) is 9.51. The van der Waals surface area contributed by atoms with E-state index >= 15 is 0 Å². The monoisotopic (exact) mass is 408 g/mol. The molecule has 0 atom stereocenters. The molecule has 4 aromatic rings. The average molecular weight is 409 g/mol. The number of nitrogens with zero attached hydrogens (tertiary/aromatic N) is 2. The molecule has 0 bridgehead atoms. The molecule has 4 nitrogen and oxygen atoms in total. The van der Waals surface area contributed by atoms with Crippen LogP contribution in [0.4, 0.5) is 4.39 Å². The third-order valence-electron chi connectivity index (χ3n) is 4.56. The summed E-state index contributed by atoms with van der Waals surface area (Å²) in [6, 6.07) is 18.7. The normalized spacial score (nSPS) is 11.0. The van der Waals surface area contributed by atoms with Crippen molar-refractivity contribution in [1.82, 2.24) is 9.88 Å². The van der Waals surface area contributed by atoms with Gasteiger partial charge in [0, 0.05) is 17.1 Å². The van der Waals surface area contributed by atoms with Gasteiger partial charge in [-0.05, 0) is 55.0 Å². The fourth-order valence-electron chi connectivity index (χ4n) is 3.15. The average Bonchev–Trinajstić information content (AvgIpc) is 3.10. The minimum Gasteiger partial charge on any atom is -0.439 e. The number of hydrogen-bond acceptors (Lipinski definition) is 3. The predicted molar refractivity (Wildman–Crippen MR) is 110 cm³/mol. The van der Waals surface area contributed by atoms with Crippen LogP contribution in [0.2, 0.25) is 5.02 Å². The largest absolute Gasteiger partial charge is 0.439 e. The highest BCUT2D eigenvalue weighted by Crippen LogP contribution is 2.22. The second-order valence-electron chi connectivity index (χ2n) is 6.88. The highest BCUT2D eigenvalue weighted by atomic mass is 35.5. The molecular weight excluding hydrogens is 391 g/mol. The summed E-state index contributed by atoms with van der Waals surface area (Å²) in [7, 11) is 0. The van der Waals surface area contributed by atoms with Gasteiger partial charge in [0.15, 0.2) is 5.58 Å². The van der Waals surface area contributed by atoms with Crippen LogP contribution in [0.1, 0.15) is 27.4 Å². The van der Waals surface area contributed by atoms with Crippen LogP contribution in [0.15, 0.2) is 71.1 Å². The second-order valence-corrected chi connectivity index (χ2v) is 7.31. The van der Waals surface area contributed by atoms with Crippen LogP contribution in [0, 0.1) is 12.7 Å². The Morgan fingerprint density at radius 3 is 2.62 bits per heavy atom. The lowest BCUT2D eigenvalue weighted by Crippen LogP contribution is -2.30. The number of rotatable bonds is 5. The number of carbonyl (C=O) groups excluding carboxylic acids is 1. The lowest BCUT2D eigenvalue weighted by atomic mass is 10.1. The van der Waals surface area contributed by atoms with E-state index in [1.807, 2.05) is 25.1 Å². The summed E-state index contributed by atoms with van der Waals surface area (Å²) in [6.07, 6.45) is 0. The van der Waals surface area contributed by atoms with Crippen molar-refractivity contribution in [2.45, 2.75) is 20.0 Å². The Morgan fingerprint density at radius 1 is 1.07 bits per heavy atom. The van der Waals surface area contributed by atoms with Crippen molar-refractivity contribution in [3.63, 3.8) is 0 Å². The van der Waals surface area contributed by atoms with Crippen LogP contribution < -0.4 is 0 Å². The van der Waals surface area contributed by atoms with E-state index in [-0.39, 0.29) is 18.3 Å². The molecule has 6 heteroatoms. The lowest BCUT2D eigenvalue weighted by Gasteiger charge is -2.21. The molecule has 0 aliphatic heterocycles. The van der Waals surface area contributed by atoms with E-state index in [1.54, 1.807) is 41.3 Å². The van der Waals surface area contributed by atoms with E-state index < -0.39 is 0 Å². The third-order valence-corrected chi connectivity index (χ3v) is 4.79. The summed E-state index contributed by atoms with van der Waals surface area (Å²) in [5.41, 5.74) is 3.62. The summed E-state index contributed by atoms with van der Waals surface area (Å²) in [6.45, 7) is 2.41. The highest BCUT2D eigenvalue weighted by Gasteiger charge is 2.20. The summed E-state index contributed by atoms with van der Waals surface area (Å²) < 4.78 is 19.1. The molecule has 0 radical (unpaired) electrons. The van der Waals surface area contributed by atoms with E-state index in [9.17, 15) is 9.18 Å². The van der Waals surface area contributed by atoms with Crippen LogP contribution in [0.25, 0.3) is 11.1 Å². The molecule has 0 N–H and O–H groups in total. The van der Waals surface area contributed by atoms with E-state index in [2.05, 4.69) is 4.98 Å². The molecule has 4 rings (SSSR count). The van der Waals surface area contributed by atoms with Crippen LogP contribution in [-0.2, 0) is 13.1 Å². The van der Waals surface area contributed by atoms with Crippen LogP contribution in [-0.4, -0.2) is 15.8 Å². The zero-order valence-electron chi connectivity index (χ0n) is 15.7. The molecule has 1 aromatic heterocycles. The first-order valence-electron chi connectivity index (χ1n) is 9.13. The van der Waals surface area contributed by atoms with Crippen molar-refractivity contribution in [3.8, 4) is 0 Å². The summed E-state index contributed by atoms with van der Waals surface area (Å²) in [4.78, 5) is 19.3. The van der Waals surface area contributed by atoms with Crippen molar-refractivity contribution < 1.29 is 13.6 Å². The first kappa shape index (κ1) is 19.2. The van der Waals surface area contributed by atoms with Crippen molar-refractivity contribution in [1.29, 1.82) is 0 Å². The van der Waals surface area contributed by atoms with Crippen LogP contribution in [0.5, 0.6) is 0 Å². The quantitative estimate of drug-likeness (QED) is 0.421. The van der Waals surface area contributed by atoms with Crippen molar-refractivity contribution in [2.75, 3.05) is 0 Å². The molecule has 0 aliphatic carbocycles. The number of carbonyl (C=O) groups is 1.